The summed E-state index contributed by atoms with van der Waals surface area (Å²) in [4.78, 5) is 12.2. The van der Waals surface area contributed by atoms with Gasteiger partial charge in [0, 0.05) is 18.0 Å². The van der Waals surface area contributed by atoms with E-state index < -0.39 is 0 Å². The molecule has 0 bridgehead atoms. The van der Waals surface area contributed by atoms with Gasteiger partial charge in [-0.3, -0.25) is 4.79 Å². The second kappa shape index (κ2) is 6.69. The van der Waals surface area contributed by atoms with Crippen molar-refractivity contribution in [1.82, 2.24) is 5.32 Å². The van der Waals surface area contributed by atoms with Crippen molar-refractivity contribution in [2.24, 2.45) is 0 Å². The number of rotatable bonds is 3. The number of Topliss-reactive ketones (excluding diaryl/α,β-unsaturated/α-hetero) is 1. The minimum atomic E-state index is 0.275. The van der Waals surface area contributed by atoms with Gasteiger partial charge in [0.25, 0.3) is 0 Å². The maximum Gasteiger partial charge on any atom is 0.164 e. The Labute approximate surface area is 110 Å². The van der Waals surface area contributed by atoms with Crippen LogP contribution in [0.15, 0.2) is 24.3 Å². The fourth-order valence-corrected chi connectivity index (χ4v) is 2.61. The molecule has 2 rings (SSSR count). The lowest BCUT2D eigenvalue weighted by Gasteiger charge is -2.20. The average Bonchev–Trinajstić information content (AvgIpc) is 2.32. The topological polar surface area (TPSA) is 29.1 Å². The van der Waals surface area contributed by atoms with E-state index in [4.69, 9.17) is 0 Å². The van der Waals surface area contributed by atoms with Gasteiger partial charge in [-0.05, 0) is 32.4 Å². The SMILES string of the molecule is Cc1cccc(C(=O)CC2CCCCCCN2)c1. The van der Waals surface area contributed by atoms with Gasteiger partial charge in [0.05, 0.1) is 0 Å². The molecule has 1 atom stereocenters. The first-order chi connectivity index (χ1) is 8.75. The van der Waals surface area contributed by atoms with E-state index in [1.165, 1.54) is 25.7 Å². The lowest BCUT2D eigenvalue weighted by molar-refractivity contribution is 0.0965. The fourth-order valence-electron chi connectivity index (χ4n) is 2.61. The van der Waals surface area contributed by atoms with Gasteiger partial charge in [-0.15, -0.1) is 0 Å². The van der Waals surface area contributed by atoms with E-state index in [1.807, 2.05) is 31.2 Å². The highest BCUT2D eigenvalue weighted by Gasteiger charge is 2.15. The summed E-state index contributed by atoms with van der Waals surface area (Å²) < 4.78 is 0. The van der Waals surface area contributed by atoms with Crippen LogP contribution < -0.4 is 5.32 Å². The molecule has 1 N–H and O–H groups in total. The molecule has 1 aromatic rings. The summed E-state index contributed by atoms with van der Waals surface area (Å²) >= 11 is 0. The van der Waals surface area contributed by atoms with Crippen LogP contribution in [0.4, 0.5) is 0 Å². The monoisotopic (exact) mass is 245 g/mol. The Morgan fingerprint density at radius 3 is 2.94 bits per heavy atom. The number of nitrogens with one attached hydrogen (secondary N) is 1. The smallest absolute Gasteiger partial charge is 0.164 e. The highest BCUT2D eigenvalue weighted by Crippen LogP contribution is 2.15. The van der Waals surface area contributed by atoms with Crippen molar-refractivity contribution in [2.75, 3.05) is 6.54 Å². The van der Waals surface area contributed by atoms with E-state index in [9.17, 15) is 4.79 Å². The van der Waals surface area contributed by atoms with Crippen LogP contribution in [0.1, 0.15) is 54.4 Å². The Kier molecular flexibility index (Phi) is 4.94. The van der Waals surface area contributed by atoms with E-state index in [1.54, 1.807) is 0 Å². The highest BCUT2D eigenvalue weighted by molar-refractivity contribution is 5.96. The van der Waals surface area contributed by atoms with Crippen LogP contribution in [0, 0.1) is 6.92 Å². The fraction of sp³-hybridized carbons (Fsp3) is 0.562. The van der Waals surface area contributed by atoms with Gasteiger partial charge in [0.2, 0.25) is 0 Å². The zero-order valence-corrected chi connectivity index (χ0v) is 11.2. The molecule has 1 heterocycles. The first-order valence-electron chi connectivity index (χ1n) is 7.09. The zero-order chi connectivity index (χ0) is 12.8. The molecule has 2 nitrogen and oxygen atoms in total. The van der Waals surface area contributed by atoms with Crippen LogP contribution in [0.2, 0.25) is 0 Å². The number of ketones is 1. The van der Waals surface area contributed by atoms with E-state index in [0.717, 1.165) is 24.1 Å². The molecule has 2 heteroatoms. The molecule has 0 radical (unpaired) electrons. The third-order valence-electron chi connectivity index (χ3n) is 3.68. The van der Waals surface area contributed by atoms with Crippen LogP contribution in [0.25, 0.3) is 0 Å². The first kappa shape index (κ1) is 13.3. The molecule has 1 aliphatic heterocycles. The lowest BCUT2D eigenvalue weighted by atomic mass is 9.96. The summed E-state index contributed by atoms with van der Waals surface area (Å²) in [6.07, 6.45) is 6.91. The summed E-state index contributed by atoms with van der Waals surface area (Å²) in [6.45, 7) is 3.09. The minimum absolute atomic E-state index is 0.275. The molecule has 1 aromatic carbocycles. The maximum absolute atomic E-state index is 12.2. The highest BCUT2D eigenvalue weighted by atomic mass is 16.1. The Morgan fingerprint density at radius 1 is 1.28 bits per heavy atom. The molecule has 0 amide bonds. The molecule has 0 saturated carbocycles. The molecule has 1 fully saturated rings. The average molecular weight is 245 g/mol. The Hall–Kier alpha value is -1.15. The number of benzene rings is 1. The van der Waals surface area contributed by atoms with Crippen molar-refractivity contribution < 1.29 is 4.79 Å². The number of hydrogen-bond donors (Lipinski definition) is 1. The predicted octanol–water partition coefficient (Wildman–Crippen LogP) is 3.49. The third kappa shape index (κ3) is 3.95. The van der Waals surface area contributed by atoms with Crippen LogP contribution in [-0.4, -0.2) is 18.4 Å². The van der Waals surface area contributed by atoms with Crippen molar-refractivity contribution in [3.8, 4) is 0 Å². The second-order valence-corrected chi connectivity index (χ2v) is 5.35. The van der Waals surface area contributed by atoms with Gasteiger partial charge in [-0.1, -0.05) is 43.0 Å². The molecule has 0 spiro atoms. The molecule has 1 aliphatic rings. The van der Waals surface area contributed by atoms with Crippen molar-refractivity contribution in [3.63, 3.8) is 0 Å². The van der Waals surface area contributed by atoms with Gasteiger partial charge in [-0.2, -0.15) is 0 Å². The molecule has 1 saturated heterocycles. The molecule has 0 aliphatic carbocycles. The molecule has 18 heavy (non-hydrogen) atoms. The molecular formula is C16H23NO. The van der Waals surface area contributed by atoms with Crippen molar-refractivity contribution >= 4 is 5.78 Å². The molecule has 1 unspecified atom stereocenters. The summed E-state index contributed by atoms with van der Waals surface area (Å²) in [5.74, 6) is 0.275. The quantitative estimate of drug-likeness (QED) is 0.826. The number of carbonyl (C=O) groups is 1. The Morgan fingerprint density at radius 2 is 2.11 bits per heavy atom. The standard InChI is InChI=1S/C16H23NO/c1-13-7-6-8-14(11-13)16(18)12-15-9-4-2-3-5-10-17-15/h6-8,11,15,17H,2-5,9-10,12H2,1H3. The third-order valence-corrected chi connectivity index (χ3v) is 3.68. The summed E-state index contributed by atoms with van der Waals surface area (Å²) in [6, 6.07) is 8.29. The van der Waals surface area contributed by atoms with Crippen molar-refractivity contribution in [2.45, 2.75) is 51.5 Å². The van der Waals surface area contributed by atoms with Crippen LogP contribution in [0.5, 0.6) is 0 Å². The lowest BCUT2D eigenvalue weighted by Crippen LogP contribution is -2.33. The summed E-state index contributed by atoms with van der Waals surface area (Å²) in [5.41, 5.74) is 2.02. The first-order valence-corrected chi connectivity index (χ1v) is 7.09. The largest absolute Gasteiger partial charge is 0.314 e. The van der Waals surface area contributed by atoms with Crippen molar-refractivity contribution in [1.29, 1.82) is 0 Å². The molecule has 98 valence electrons. The van der Waals surface area contributed by atoms with Crippen LogP contribution >= 0.6 is 0 Å². The number of hydrogen-bond acceptors (Lipinski definition) is 2. The van der Waals surface area contributed by atoms with Crippen LogP contribution in [0.3, 0.4) is 0 Å². The van der Waals surface area contributed by atoms with Crippen LogP contribution in [-0.2, 0) is 0 Å². The van der Waals surface area contributed by atoms with Gasteiger partial charge >= 0.3 is 0 Å². The van der Waals surface area contributed by atoms with E-state index in [2.05, 4.69) is 5.32 Å². The van der Waals surface area contributed by atoms with E-state index >= 15 is 0 Å². The van der Waals surface area contributed by atoms with E-state index in [-0.39, 0.29) is 5.78 Å². The Balaban J connectivity index is 1.93. The van der Waals surface area contributed by atoms with E-state index in [0.29, 0.717) is 12.5 Å². The van der Waals surface area contributed by atoms with Gasteiger partial charge in [0.15, 0.2) is 5.78 Å². The Bertz CT molecular complexity index is 392. The molecular weight excluding hydrogens is 222 g/mol. The van der Waals surface area contributed by atoms with Gasteiger partial charge in [0.1, 0.15) is 0 Å². The van der Waals surface area contributed by atoms with Gasteiger partial charge < -0.3 is 5.32 Å². The summed E-state index contributed by atoms with van der Waals surface area (Å²) in [7, 11) is 0. The van der Waals surface area contributed by atoms with Crippen molar-refractivity contribution in [3.05, 3.63) is 35.4 Å². The summed E-state index contributed by atoms with van der Waals surface area (Å²) in [5, 5.41) is 3.52. The normalized spacial score (nSPS) is 21.1. The number of aryl methyl sites for hydroxylation is 1. The molecule has 0 aromatic heterocycles. The second-order valence-electron chi connectivity index (χ2n) is 5.35. The number of carbonyl (C=O) groups excluding carboxylic acids is 1. The zero-order valence-electron chi connectivity index (χ0n) is 11.2. The minimum Gasteiger partial charge on any atom is -0.314 e. The van der Waals surface area contributed by atoms with Gasteiger partial charge in [-0.25, -0.2) is 0 Å². The maximum atomic E-state index is 12.2. The predicted molar refractivity (Wildman–Crippen MR) is 75.0 cm³/mol.